The van der Waals surface area contributed by atoms with Gasteiger partial charge in [0.25, 0.3) is 0 Å². The van der Waals surface area contributed by atoms with Gasteiger partial charge in [0.15, 0.2) is 0 Å². The van der Waals surface area contributed by atoms with Crippen LogP contribution in [0.25, 0.3) is 11.1 Å². The van der Waals surface area contributed by atoms with Crippen molar-refractivity contribution in [2.75, 3.05) is 19.8 Å². The molecule has 0 saturated carbocycles. The normalized spacial score (nSPS) is 10.7. The van der Waals surface area contributed by atoms with Gasteiger partial charge in [-0.15, -0.1) is 0 Å². The van der Waals surface area contributed by atoms with E-state index < -0.39 is 0 Å². The second-order valence-corrected chi connectivity index (χ2v) is 10.6. The molecule has 0 aliphatic heterocycles. The van der Waals surface area contributed by atoms with Crippen LogP contribution in [0.15, 0.2) is 85.5 Å². The second-order valence-electron chi connectivity index (χ2n) is 10.6. The van der Waals surface area contributed by atoms with E-state index in [-0.39, 0.29) is 18.5 Å². The van der Waals surface area contributed by atoms with Crippen LogP contribution in [0.3, 0.4) is 0 Å². The maximum Gasteiger partial charge on any atom is 0.333 e. The number of carbonyl (C=O) groups is 2. The van der Waals surface area contributed by atoms with E-state index in [0.717, 1.165) is 50.5 Å². The van der Waals surface area contributed by atoms with E-state index in [1.165, 1.54) is 45.0 Å². The molecule has 3 aromatic rings. The van der Waals surface area contributed by atoms with Gasteiger partial charge >= 0.3 is 11.9 Å². The Morgan fingerprint density at radius 1 is 0.738 bits per heavy atom. The van der Waals surface area contributed by atoms with Crippen LogP contribution in [-0.4, -0.2) is 36.9 Å². The summed E-state index contributed by atoms with van der Waals surface area (Å²) in [6.07, 6.45) is 7.78. The third kappa shape index (κ3) is 10.1. The minimum atomic E-state index is -0.382. The predicted molar refractivity (Wildman–Crippen MR) is 169 cm³/mol. The van der Waals surface area contributed by atoms with Gasteiger partial charge in [-0.25, -0.2) is 9.59 Å². The third-order valence-corrected chi connectivity index (χ3v) is 7.33. The van der Waals surface area contributed by atoms with Crippen molar-refractivity contribution in [3.05, 3.63) is 119 Å². The molecule has 0 bridgehead atoms. The average molecular weight is 569 g/mol. The molecule has 0 aliphatic rings. The molecule has 1 N–H and O–H groups in total. The van der Waals surface area contributed by atoms with Crippen molar-refractivity contribution < 1.29 is 24.2 Å². The summed E-state index contributed by atoms with van der Waals surface area (Å²) in [5.41, 5.74) is 10.2. The lowest BCUT2D eigenvalue weighted by molar-refractivity contribution is -0.139. The van der Waals surface area contributed by atoms with Crippen LogP contribution in [0, 0.1) is 0 Å². The number of hydrogen-bond donors (Lipinski definition) is 1. The number of aliphatic hydroxyl groups is 1. The van der Waals surface area contributed by atoms with Crippen LogP contribution in [0.2, 0.25) is 0 Å². The lowest BCUT2D eigenvalue weighted by Gasteiger charge is -2.17. The SMILES string of the molecule is C=CC(=O)OCCCc1ccc(CCc2ccc(-c3ccc(CCCO)cc3CC)c(CCOC(=O)C(=C)C)c2)cc1. The fraction of sp³-hybridized carbons (Fsp3) is 0.351. The Morgan fingerprint density at radius 2 is 1.29 bits per heavy atom. The molecular weight excluding hydrogens is 524 g/mol. The minimum absolute atomic E-state index is 0.191. The van der Waals surface area contributed by atoms with Crippen LogP contribution in [-0.2, 0) is 57.6 Å². The number of aliphatic hydroxyl groups excluding tert-OH is 1. The molecule has 0 saturated heterocycles. The second kappa shape index (κ2) is 17.1. The summed E-state index contributed by atoms with van der Waals surface area (Å²) in [5, 5.41) is 9.24. The van der Waals surface area contributed by atoms with E-state index in [2.05, 4.69) is 80.7 Å². The van der Waals surface area contributed by atoms with Crippen LogP contribution < -0.4 is 0 Å². The molecule has 0 spiro atoms. The highest BCUT2D eigenvalue weighted by Crippen LogP contribution is 2.31. The summed E-state index contributed by atoms with van der Waals surface area (Å²) >= 11 is 0. The molecule has 0 amide bonds. The van der Waals surface area contributed by atoms with Gasteiger partial charge in [-0.1, -0.05) is 80.7 Å². The van der Waals surface area contributed by atoms with Gasteiger partial charge in [0.05, 0.1) is 13.2 Å². The van der Waals surface area contributed by atoms with E-state index in [9.17, 15) is 14.7 Å². The number of ether oxygens (including phenoxy) is 2. The number of carbonyl (C=O) groups excluding carboxylic acids is 2. The molecule has 5 heteroatoms. The molecule has 0 aromatic heterocycles. The standard InChI is InChI=1S/C37H44O5/c1-5-32-25-30(9-7-22-38)17-19-34(32)35-20-18-31(26-33(35)21-24-42-37(40)27(3)4)16-15-29-13-11-28(12-14-29)10-8-23-41-36(39)6-2/h6,11-14,17-20,25-26,38H,2-3,5,7-10,15-16,21-24H2,1,4H3. The summed E-state index contributed by atoms with van der Waals surface area (Å²) in [6, 6.07) is 21.9. The van der Waals surface area contributed by atoms with Crippen LogP contribution in [0.1, 0.15) is 60.1 Å². The first-order chi connectivity index (χ1) is 20.3. The van der Waals surface area contributed by atoms with Crippen molar-refractivity contribution >= 4 is 11.9 Å². The topological polar surface area (TPSA) is 72.8 Å². The first-order valence-electron chi connectivity index (χ1n) is 14.9. The minimum Gasteiger partial charge on any atom is -0.463 e. The molecule has 0 fully saturated rings. The van der Waals surface area contributed by atoms with Crippen molar-refractivity contribution in [3.8, 4) is 11.1 Å². The Labute approximate surface area is 250 Å². The van der Waals surface area contributed by atoms with E-state index in [0.29, 0.717) is 25.2 Å². The molecule has 0 radical (unpaired) electrons. The number of aryl methyl sites for hydroxylation is 5. The third-order valence-electron chi connectivity index (χ3n) is 7.33. The fourth-order valence-electron chi connectivity index (χ4n) is 4.96. The predicted octanol–water partition coefficient (Wildman–Crippen LogP) is 6.95. The molecule has 222 valence electrons. The van der Waals surface area contributed by atoms with Crippen molar-refractivity contribution in [1.82, 2.24) is 0 Å². The quantitative estimate of drug-likeness (QED) is 0.108. The number of hydrogen-bond acceptors (Lipinski definition) is 5. The van der Waals surface area contributed by atoms with Crippen molar-refractivity contribution in [1.29, 1.82) is 0 Å². The summed E-state index contributed by atoms with van der Waals surface area (Å²) in [6.45, 7) is 11.8. The number of esters is 2. The van der Waals surface area contributed by atoms with Gasteiger partial charge in [-0.3, -0.25) is 0 Å². The lowest BCUT2D eigenvalue weighted by atomic mass is 9.89. The first-order valence-corrected chi connectivity index (χ1v) is 14.9. The van der Waals surface area contributed by atoms with Gasteiger partial charge in [-0.2, -0.15) is 0 Å². The summed E-state index contributed by atoms with van der Waals surface area (Å²) in [7, 11) is 0. The van der Waals surface area contributed by atoms with E-state index >= 15 is 0 Å². The van der Waals surface area contributed by atoms with Crippen LogP contribution in [0.4, 0.5) is 0 Å². The fourth-order valence-corrected chi connectivity index (χ4v) is 4.96. The molecule has 42 heavy (non-hydrogen) atoms. The Morgan fingerprint density at radius 3 is 1.90 bits per heavy atom. The number of benzene rings is 3. The van der Waals surface area contributed by atoms with Gasteiger partial charge in [-0.05, 0) is 96.4 Å². The summed E-state index contributed by atoms with van der Waals surface area (Å²) in [5.74, 6) is -0.747. The zero-order valence-corrected chi connectivity index (χ0v) is 25.1. The highest BCUT2D eigenvalue weighted by Gasteiger charge is 2.13. The molecule has 0 aliphatic carbocycles. The highest BCUT2D eigenvalue weighted by atomic mass is 16.5. The Kier molecular flexibility index (Phi) is 13.3. The van der Waals surface area contributed by atoms with Crippen molar-refractivity contribution in [3.63, 3.8) is 0 Å². The zero-order chi connectivity index (χ0) is 30.3. The molecule has 0 atom stereocenters. The molecule has 3 rings (SSSR count). The Bertz CT molecular complexity index is 1350. The van der Waals surface area contributed by atoms with Crippen molar-refractivity contribution in [2.24, 2.45) is 0 Å². The lowest BCUT2D eigenvalue weighted by Crippen LogP contribution is -2.09. The van der Waals surface area contributed by atoms with E-state index in [1.54, 1.807) is 6.92 Å². The first kappa shape index (κ1) is 32.6. The Balaban J connectivity index is 1.73. The van der Waals surface area contributed by atoms with Gasteiger partial charge < -0.3 is 14.6 Å². The van der Waals surface area contributed by atoms with Crippen molar-refractivity contribution in [2.45, 2.75) is 65.2 Å². The number of rotatable bonds is 17. The van der Waals surface area contributed by atoms with Crippen LogP contribution >= 0.6 is 0 Å². The highest BCUT2D eigenvalue weighted by molar-refractivity contribution is 5.87. The molecule has 0 unspecified atom stereocenters. The smallest absolute Gasteiger partial charge is 0.333 e. The summed E-state index contributed by atoms with van der Waals surface area (Å²) < 4.78 is 10.5. The maximum atomic E-state index is 12.0. The Hall–Kier alpha value is -3.96. The van der Waals surface area contributed by atoms with Gasteiger partial charge in [0.1, 0.15) is 0 Å². The molecule has 0 heterocycles. The zero-order valence-electron chi connectivity index (χ0n) is 25.1. The molecule has 5 nitrogen and oxygen atoms in total. The largest absolute Gasteiger partial charge is 0.463 e. The maximum absolute atomic E-state index is 12.0. The van der Waals surface area contributed by atoms with E-state index in [1.807, 2.05) is 0 Å². The van der Waals surface area contributed by atoms with E-state index in [4.69, 9.17) is 9.47 Å². The molecule has 3 aromatic carbocycles. The molecular formula is C37H44O5. The summed E-state index contributed by atoms with van der Waals surface area (Å²) in [4.78, 5) is 23.2. The van der Waals surface area contributed by atoms with Crippen LogP contribution in [0.5, 0.6) is 0 Å². The van der Waals surface area contributed by atoms with Gasteiger partial charge in [0, 0.05) is 24.7 Å². The van der Waals surface area contributed by atoms with Gasteiger partial charge in [0.2, 0.25) is 0 Å². The monoisotopic (exact) mass is 568 g/mol. The average Bonchev–Trinajstić information content (AvgIpc) is 3.01.